The average molecular weight is 264 g/mol. The highest BCUT2D eigenvalue weighted by Crippen LogP contribution is 2.47. The largest absolute Gasteiger partial charge is 0.481 e. The van der Waals surface area contributed by atoms with Gasteiger partial charge >= 0.3 is 5.97 Å². The van der Waals surface area contributed by atoms with Gasteiger partial charge in [-0.05, 0) is 31.0 Å². The van der Waals surface area contributed by atoms with Crippen molar-refractivity contribution < 1.29 is 18.7 Å². The maximum absolute atomic E-state index is 13.6. The zero-order valence-corrected chi connectivity index (χ0v) is 9.81. The number of hydrogen-bond donors (Lipinski definition) is 1. The third kappa shape index (κ3) is 1.80. The van der Waals surface area contributed by atoms with Gasteiger partial charge in [-0.25, -0.2) is 13.5 Å². The summed E-state index contributed by atoms with van der Waals surface area (Å²) in [5.74, 6) is -2.33. The van der Waals surface area contributed by atoms with E-state index in [1.807, 2.05) is 0 Å². The van der Waals surface area contributed by atoms with E-state index in [1.165, 1.54) is 16.9 Å². The maximum atomic E-state index is 13.6. The smallest absolute Gasteiger partial charge is 0.315 e. The van der Waals surface area contributed by atoms with Crippen LogP contribution in [0.15, 0.2) is 30.5 Å². The molecule has 0 bridgehead atoms. The molecular weight excluding hydrogens is 254 g/mol. The number of carboxylic acids is 1. The van der Waals surface area contributed by atoms with Crippen molar-refractivity contribution >= 4 is 5.97 Å². The van der Waals surface area contributed by atoms with Crippen molar-refractivity contribution in [3.63, 3.8) is 0 Å². The number of hydrogen-bond acceptors (Lipinski definition) is 2. The van der Waals surface area contributed by atoms with Gasteiger partial charge in [-0.2, -0.15) is 5.10 Å². The predicted molar refractivity (Wildman–Crippen MR) is 62.0 cm³/mol. The van der Waals surface area contributed by atoms with Crippen molar-refractivity contribution in [1.29, 1.82) is 0 Å². The minimum atomic E-state index is -0.929. The molecule has 0 saturated heterocycles. The second kappa shape index (κ2) is 3.88. The minimum Gasteiger partial charge on any atom is -0.481 e. The minimum absolute atomic E-state index is 0.0915. The topological polar surface area (TPSA) is 55.1 Å². The van der Waals surface area contributed by atoms with Gasteiger partial charge in [-0.15, -0.1) is 0 Å². The van der Waals surface area contributed by atoms with Crippen LogP contribution >= 0.6 is 0 Å². The summed E-state index contributed by atoms with van der Waals surface area (Å²) in [6.45, 7) is 0. The molecule has 0 spiro atoms. The Morgan fingerprint density at radius 1 is 1.32 bits per heavy atom. The van der Waals surface area contributed by atoms with Crippen LogP contribution in [-0.2, 0) is 10.2 Å². The van der Waals surface area contributed by atoms with Crippen LogP contribution in [-0.4, -0.2) is 20.9 Å². The first-order valence-corrected chi connectivity index (χ1v) is 5.78. The normalized spacial score (nSPS) is 16.3. The van der Waals surface area contributed by atoms with Gasteiger partial charge in [-0.3, -0.25) is 4.79 Å². The van der Waals surface area contributed by atoms with Crippen LogP contribution in [0.5, 0.6) is 0 Å². The van der Waals surface area contributed by atoms with Gasteiger partial charge in [0.1, 0.15) is 16.9 Å². The van der Waals surface area contributed by atoms with E-state index in [0.717, 1.165) is 12.1 Å². The first-order valence-electron chi connectivity index (χ1n) is 5.78. The molecule has 4 nitrogen and oxygen atoms in total. The second-order valence-electron chi connectivity index (χ2n) is 4.63. The number of aliphatic carboxylic acids is 1. The molecule has 98 valence electrons. The number of benzene rings is 1. The van der Waals surface area contributed by atoms with Crippen LogP contribution in [0.25, 0.3) is 5.69 Å². The van der Waals surface area contributed by atoms with Crippen molar-refractivity contribution in [2.24, 2.45) is 0 Å². The van der Waals surface area contributed by atoms with Gasteiger partial charge in [0.15, 0.2) is 5.82 Å². The van der Waals surface area contributed by atoms with E-state index >= 15 is 0 Å². The molecule has 0 aliphatic heterocycles. The fourth-order valence-corrected chi connectivity index (χ4v) is 2.08. The highest BCUT2D eigenvalue weighted by molar-refractivity contribution is 5.84. The van der Waals surface area contributed by atoms with E-state index in [9.17, 15) is 13.6 Å². The highest BCUT2D eigenvalue weighted by atomic mass is 19.1. The van der Waals surface area contributed by atoms with Crippen molar-refractivity contribution in [3.8, 4) is 5.69 Å². The SMILES string of the molecule is O=C(O)C1(c2ccn(-c3ccc(F)cc3F)n2)CC1. The Morgan fingerprint density at radius 2 is 2.05 bits per heavy atom. The molecular formula is C13H10F2N2O2. The Balaban J connectivity index is 2.00. The lowest BCUT2D eigenvalue weighted by molar-refractivity contribution is -0.140. The molecule has 0 radical (unpaired) electrons. The predicted octanol–water partition coefficient (Wildman–Crippen LogP) is 2.27. The zero-order chi connectivity index (χ0) is 13.6. The molecule has 1 aromatic heterocycles. The van der Waals surface area contributed by atoms with Gasteiger partial charge in [-0.1, -0.05) is 0 Å². The van der Waals surface area contributed by atoms with Crippen LogP contribution in [0.4, 0.5) is 8.78 Å². The molecule has 6 heteroatoms. The molecule has 1 heterocycles. The zero-order valence-electron chi connectivity index (χ0n) is 9.81. The molecule has 0 atom stereocenters. The molecule has 2 aromatic rings. The lowest BCUT2D eigenvalue weighted by Crippen LogP contribution is -2.20. The van der Waals surface area contributed by atoms with E-state index in [4.69, 9.17) is 5.11 Å². The Bertz CT molecular complexity index is 662. The summed E-state index contributed by atoms with van der Waals surface area (Å²) in [5, 5.41) is 13.3. The molecule has 1 saturated carbocycles. The first-order chi connectivity index (χ1) is 9.03. The van der Waals surface area contributed by atoms with E-state index in [2.05, 4.69) is 5.10 Å². The van der Waals surface area contributed by atoms with Crippen LogP contribution in [0.2, 0.25) is 0 Å². The Morgan fingerprint density at radius 3 is 2.63 bits per heavy atom. The van der Waals surface area contributed by atoms with Gasteiger partial charge < -0.3 is 5.11 Å². The number of aromatic nitrogens is 2. The van der Waals surface area contributed by atoms with Crippen molar-refractivity contribution in [3.05, 3.63) is 47.8 Å². The third-order valence-corrected chi connectivity index (χ3v) is 3.40. The summed E-state index contributed by atoms with van der Waals surface area (Å²) in [6.07, 6.45) is 2.55. The summed E-state index contributed by atoms with van der Waals surface area (Å²) < 4.78 is 27.7. The van der Waals surface area contributed by atoms with Gasteiger partial charge in [0.05, 0.1) is 5.69 Å². The number of rotatable bonds is 3. The lowest BCUT2D eigenvalue weighted by Gasteiger charge is -2.06. The van der Waals surface area contributed by atoms with E-state index in [0.29, 0.717) is 18.5 Å². The lowest BCUT2D eigenvalue weighted by atomic mass is 10.0. The summed E-state index contributed by atoms with van der Waals surface area (Å²) in [6, 6.07) is 4.72. The maximum Gasteiger partial charge on any atom is 0.315 e. The van der Waals surface area contributed by atoms with Crippen molar-refractivity contribution in [2.45, 2.75) is 18.3 Å². The van der Waals surface area contributed by atoms with Crippen LogP contribution < -0.4 is 0 Å². The molecule has 3 rings (SSSR count). The molecule has 0 amide bonds. The Labute approximate surface area is 107 Å². The average Bonchev–Trinajstić information content (AvgIpc) is 3.03. The first kappa shape index (κ1) is 11.8. The number of carboxylic acid groups (broad SMARTS) is 1. The fourth-order valence-electron chi connectivity index (χ4n) is 2.08. The standard InChI is InChI=1S/C13H10F2N2O2/c14-8-1-2-10(9(15)7-8)17-6-3-11(16-17)13(4-5-13)12(18)19/h1-3,6-7H,4-5H2,(H,18,19). The number of nitrogens with zero attached hydrogens (tertiary/aromatic N) is 2. The molecule has 1 aromatic carbocycles. The number of halogens is 2. The summed E-state index contributed by atoms with van der Waals surface area (Å²) in [4.78, 5) is 11.2. The Hall–Kier alpha value is -2.24. The third-order valence-electron chi connectivity index (χ3n) is 3.40. The summed E-state index contributed by atoms with van der Waals surface area (Å²) >= 11 is 0. The highest BCUT2D eigenvalue weighted by Gasteiger charge is 2.53. The van der Waals surface area contributed by atoms with Crippen LogP contribution in [0.3, 0.4) is 0 Å². The van der Waals surface area contributed by atoms with E-state index in [-0.39, 0.29) is 5.69 Å². The quantitative estimate of drug-likeness (QED) is 0.925. The van der Waals surface area contributed by atoms with Crippen molar-refractivity contribution in [2.75, 3.05) is 0 Å². The molecule has 1 aliphatic rings. The molecule has 19 heavy (non-hydrogen) atoms. The van der Waals surface area contributed by atoms with Crippen molar-refractivity contribution in [1.82, 2.24) is 9.78 Å². The summed E-state index contributed by atoms with van der Waals surface area (Å²) in [7, 11) is 0. The van der Waals surface area contributed by atoms with E-state index in [1.54, 1.807) is 6.07 Å². The molecule has 1 N–H and O–H groups in total. The van der Waals surface area contributed by atoms with Gasteiger partial charge in [0.2, 0.25) is 0 Å². The van der Waals surface area contributed by atoms with Gasteiger partial charge in [0.25, 0.3) is 0 Å². The molecule has 1 fully saturated rings. The van der Waals surface area contributed by atoms with E-state index < -0.39 is 23.0 Å². The summed E-state index contributed by atoms with van der Waals surface area (Å²) in [5.41, 5.74) is -0.431. The molecule has 0 unspecified atom stereocenters. The number of carbonyl (C=O) groups is 1. The fraction of sp³-hybridized carbons (Fsp3) is 0.231. The van der Waals surface area contributed by atoms with Gasteiger partial charge in [0, 0.05) is 12.3 Å². The second-order valence-corrected chi connectivity index (χ2v) is 4.63. The Kier molecular flexibility index (Phi) is 2.41. The van der Waals surface area contributed by atoms with Crippen LogP contribution in [0.1, 0.15) is 18.5 Å². The molecule has 1 aliphatic carbocycles. The van der Waals surface area contributed by atoms with Crippen LogP contribution in [0, 0.1) is 11.6 Å². The monoisotopic (exact) mass is 264 g/mol.